The fraction of sp³-hybridized carbons (Fsp3) is 0.462. The summed E-state index contributed by atoms with van der Waals surface area (Å²) >= 11 is 0. The van der Waals surface area contributed by atoms with Gasteiger partial charge in [-0.3, -0.25) is 4.79 Å². The molecule has 1 unspecified atom stereocenters. The maximum Gasteiger partial charge on any atom is 0.241 e. The summed E-state index contributed by atoms with van der Waals surface area (Å²) in [5.74, 6) is -0.332. The lowest BCUT2D eigenvalue weighted by molar-refractivity contribution is -0.117. The number of hydrogen-bond acceptors (Lipinski definition) is 4. The van der Waals surface area contributed by atoms with Gasteiger partial charge in [0.25, 0.3) is 0 Å². The Balaban J connectivity index is 0.00000400. The lowest BCUT2D eigenvalue weighted by Crippen LogP contribution is -2.35. The van der Waals surface area contributed by atoms with Gasteiger partial charge in [0.15, 0.2) is 0 Å². The molecule has 120 valence electrons. The Hall–Kier alpha value is -1.15. The summed E-state index contributed by atoms with van der Waals surface area (Å²) in [5, 5.41) is 7.78. The summed E-state index contributed by atoms with van der Waals surface area (Å²) in [7, 11) is -3.81. The van der Waals surface area contributed by atoms with Gasteiger partial charge in [0.2, 0.25) is 15.9 Å². The van der Waals surface area contributed by atoms with Gasteiger partial charge < -0.3 is 11.1 Å². The molecule has 0 heterocycles. The largest absolute Gasteiger partial charge is 0.324 e. The molecule has 1 aromatic rings. The highest BCUT2D eigenvalue weighted by Gasteiger charge is 2.17. The monoisotopic (exact) mass is 335 g/mol. The SMILES string of the molecule is CCCC(N)C(=O)Nc1cc(S(N)(=O)=O)cc(C)c1C.Cl. The molecular formula is C13H22ClN3O3S. The maximum absolute atomic E-state index is 11.9. The number of carbonyl (C=O) groups is 1. The van der Waals surface area contributed by atoms with Crippen LogP contribution >= 0.6 is 12.4 Å². The summed E-state index contributed by atoms with van der Waals surface area (Å²) in [6.07, 6.45) is 1.36. The van der Waals surface area contributed by atoms with Gasteiger partial charge in [0, 0.05) is 5.69 Å². The first-order valence-electron chi connectivity index (χ1n) is 6.37. The second-order valence-corrected chi connectivity index (χ2v) is 6.40. The molecule has 1 atom stereocenters. The van der Waals surface area contributed by atoms with Crippen LogP contribution in [-0.4, -0.2) is 20.4 Å². The molecule has 0 saturated heterocycles. The number of rotatable bonds is 5. The van der Waals surface area contributed by atoms with Crippen molar-refractivity contribution in [3.05, 3.63) is 23.3 Å². The smallest absolute Gasteiger partial charge is 0.241 e. The van der Waals surface area contributed by atoms with Crippen LogP contribution in [0.5, 0.6) is 0 Å². The minimum Gasteiger partial charge on any atom is -0.324 e. The maximum atomic E-state index is 11.9. The Morgan fingerprint density at radius 1 is 1.33 bits per heavy atom. The van der Waals surface area contributed by atoms with Crippen LogP contribution in [0.2, 0.25) is 0 Å². The van der Waals surface area contributed by atoms with E-state index in [1.807, 2.05) is 6.92 Å². The van der Waals surface area contributed by atoms with Crippen LogP contribution in [0.1, 0.15) is 30.9 Å². The first kappa shape index (κ1) is 19.9. The van der Waals surface area contributed by atoms with Gasteiger partial charge in [-0.25, -0.2) is 13.6 Å². The Labute approximate surface area is 131 Å². The predicted octanol–water partition coefficient (Wildman–Crippen LogP) is 1.44. The molecule has 1 amide bonds. The number of anilines is 1. The van der Waals surface area contributed by atoms with Gasteiger partial charge in [-0.2, -0.15) is 0 Å². The molecule has 0 aliphatic rings. The third kappa shape index (κ3) is 5.28. The van der Waals surface area contributed by atoms with Crippen molar-refractivity contribution in [3.8, 4) is 0 Å². The van der Waals surface area contributed by atoms with Crippen LogP contribution < -0.4 is 16.2 Å². The molecule has 0 aliphatic carbocycles. The normalized spacial score (nSPS) is 12.4. The summed E-state index contributed by atoms with van der Waals surface area (Å²) in [6, 6.07) is 2.22. The third-order valence-corrected chi connectivity index (χ3v) is 4.06. The Morgan fingerprint density at radius 3 is 2.38 bits per heavy atom. The summed E-state index contributed by atoms with van der Waals surface area (Å²) in [6.45, 7) is 5.49. The van der Waals surface area contributed by atoms with Crippen LogP contribution in [0.3, 0.4) is 0 Å². The van der Waals surface area contributed by atoms with Gasteiger partial charge in [0.05, 0.1) is 10.9 Å². The number of benzene rings is 1. The van der Waals surface area contributed by atoms with E-state index in [1.54, 1.807) is 13.8 Å². The zero-order valence-corrected chi connectivity index (χ0v) is 14.0. The number of hydrogen-bond donors (Lipinski definition) is 3. The van der Waals surface area contributed by atoms with E-state index < -0.39 is 16.1 Å². The minimum absolute atomic E-state index is 0. The van der Waals surface area contributed by atoms with Crippen LogP contribution in [0.25, 0.3) is 0 Å². The van der Waals surface area contributed by atoms with Crippen molar-refractivity contribution in [1.82, 2.24) is 0 Å². The van der Waals surface area contributed by atoms with Crippen molar-refractivity contribution >= 4 is 34.0 Å². The van der Waals surface area contributed by atoms with Crippen molar-refractivity contribution < 1.29 is 13.2 Å². The molecule has 0 aromatic heterocycles. The number of aryl methyl sites for hydroxylation is 1. The van der Waals surface area contributed by atoms with Gasteiger partial charge in [-0.15, -0.1) is 12.4 Å². The fourth-order valence-electron chi connectivity index (χ4n) is 1.79. The number of primary sulfonamides is 1. The minimum atomic E-state index is -3.81. The van der Waals surface area contributed by atoms with E-state index in [1.165, 1.54) is 12.1 Å². The predicted molar refractivity (Wildman–Crippen MR) is 86.1 cm³/mol. The molecule has 0 spiro atoms. The van der Waals surface area contributed by atoms with E-state index in [2.05, 4.69) is 5.32 Å². The summed E-state index contributed by atoms with van der Waals surface area (Å²) < 4.78 is 22.8. The molecule has 21 heavy (non-hydrogen) atoms. The molecule has 0 saturated carbocycles. The molecule has 1 rings (SSSR count). The summed E-state index contributed by atoms with van der Waals surface area (Å²) in [4.78, 5) is 11.9. The number of sulfonamides is 1. The third-order valence-electron chi connectivity index (χ3n) is 3.16. The van der Waals surface area contributed by atoms with E-state index in [-0.39, 0.29) is 23.2 Å². The topological polar surface area (TPSA) is 115 Å². The molecule has 0 aliphatic heterocycles. The molecule has 0 fully saturated rings. The average molecular weight is 336 g/mol. The molecule has 8 heteroatoms. The highest BCUT2D eigenvalue weighted by atomic mass is 35.5. The number of nitrogens with two attached hydrogens (primary N) is 2. The van der Waals surface area contributed by atoms with Gasteiger partial charge in [-0.1, -0.05) is 13.3 Å². The lowest BCUT2D eigenvalue weighted by Gasteiger charge is -2.15. The van der Waals surface area contributed by atoms with E-state index >= 15 is 0 Å². The van der Waals surface area contributed by atoms with Gasteiger partial charge in [-0.05, 0) is 43.5 Å². The Morgan fingerprint density at radius 2 is 1.90 bits per heavy atom. The molecule has 0 radical (unpaired) electrons. The van der Waals surface area contributed by atoms with Crippen molar-refractivity contribution in [3.63, 3.8) is 0 Å². The summed E-state index contributed by atoms with van der Waals surface area (Å²) in [5.41, 5.74) is 7.67. The Bertz CT molecular complexity index is 617. The van der Waals surface area contributed by atoms with Crippen LogP contribution in [0.15, 0.2) is 17.0 Å². The van der Waals surface area contributed by atoms with Crippen molar-refractivity contribution in [2.24, 2.45) is 10.9 Å². The quantitative estimate of drug-likeness (QED) is 0.755. The van der Waals surface area contributed by atoms with Crippen LogP contribution in [0, 0.1) is 13.8 Å². The standard InChI is InChI=1S/C13H21N3O3S.ClH/c1-4-5-11(14)13(17)16-12-7-10(20(15,18)19)6-8(2)9(12)3;/h6-7,11H,4-5,14H2,1-3H3,(H,16,17)(H2,15,18,19);1H. The lowest BCUT2D eigenvalue weighted by atomic mass is 10.1. The van der Waals surface area contributed by atoms with Crippen molar-refractivity contribution in [1.29, 1.82) is 0 Å². The number of nitrogens with one attached hydrogen (secondary N) is 1. The molecule has 5 N–H and O–H groups in total. The van der Waals surface area contributed by atoms with Gasteiger partial charge >= 0.3 is 0 Å². The second kappa shape index (κ2) is 7.74. The molecule has 1 aromatic carbocycles. The first-order chi connectivity index (χ1) is 9.16. The second-order valence-electron chi connectivity index (χ2n) is 4.84. The first-order valence-corrected chi connectivity index (χ1v) is 7.92. The number of halogens is 1. The molecular weight excluding hydrogens is 314 g/mol. The molecule has 0 bridgehead atoms. The van der Waals surface area contributed by atoms with E-state index in [0.29, 0.717) is 12.1 Å². The zero-order valence-electron chi connectivity index (χ0n) is 12.3. The fourth-order valence-corrected chi connectivity index (χ4v) is 2.41. The van der Waals surface area contributed by atoms with E-state index in [9.17, 15) is 13.2 Å². The van der Waals surface area contributed by atoms with Crippen LogP contribution in [-0.2, 0) is 14.8 Å². The molecule has 6 nitrogen and oxygen atoms in total. The number of amides is 1. The number of carbonyl (C=O) groups excluding carboxylic acids is 1. The zero-order chi connectivity index (χ0) is 15.5. The van der Waals surface area contributed by atoms with E-state index in [0.717, 1.165) is 17.5 Å². The van der Waals surface area contributed by atoms with Crippen molar-refractivity contribution in [2.75, 3.05) is 5.32 Å². The average Bonchev–Trinajstić information content (AvgIpc) is 2.33. The van der Waals surface area contributed by atoms with Gasteiger partial charge in [0.1, 0.15) is 0 Å². The highest BCUT2D eigenvalue weighted by molar-refractivity contribution is 7.89. The Kier molecular flexibility index (Phi) is 7.32. The van der Waals surface area contributed by atoms with Crippen molar-refractivity contribution in [2.45, 2.75) is 44.6 Å². The van der Waals surface area contributed by atoms with Crippen LogP contribution in [0.4, 0.5) is 5.69 Å². The highest BCUT2D eigenvalue weighted by Crippen LogP contribution is 2.23. The van der Waals surface area contributed by atoms with E-state index in [4.69, 9.17) is 10.9 Å².